The maximum atomic E-state index is 5.68. The van der Waals surface area contributed by atoms with Crippen molar-refractivity contribution in [3.63, 3.8) is 0 Å². The van der Waals surface area contributed by atoms with Crippen molar-refractivity contribution in [2.75, 3.05) is 7.11 Å². The van der Waals surface area contributed by atoms with Crippen molar-refractivity contribution in [2.24, 2.45) is 5.73 Å². The Morgan fingerprint density at radius 1 is 1.24 bits per heavy atom. The highest BCUT2D eigenvalue weighted by atomic mass is 16.5. The monoisotopic (exact) mass is 231 g/mol. The summed E-state index contributed by atoms with van der Waals surface area (Å²) in [7, 11) is 1.68. The number of nitrogens with two attached hydrogens (primary N) is 1. The molecule has 0 aliphatic rings. The van der Waals surface area contributed by atoms with Gasteiger partial charge in [0.2, 0.25) is 0 Å². The second-order valence-corrected chi connectivity index (χ2v) is 4.10. The number of hydrogen-bond donors (Lipinski definition) is 2. The number of hydrogen-bond acceptors (Lipinski definition) is 3. The first kappa shape index (κ1) is 11.7. The van der Waals surface area contributed by atoms with Gasteiger partial charge in [0.1, 0.15) is 5.75 Å². The number of aromatic amines is 1. The van der Waals surface area contributed by atoms with Crippen LogP contribution in [0.2, 0.25) is 0 Å². The smallest absolute Gasteiger partial charge is 0.127 e. The number of benzene rings is 1. The Kier molecular flexibility index (Phi) is 3.15. The maximum Gasteiger partial charge on any atom is 0.127 e. The van der Waals surface area contributed by atoms with Crippen molar-refractivity contribution in [3.05, 3.63) is 35.2 Å². The SMILES string of the molecule is COc1cc(C)c(C)cc1-c1cn[nH]c1CN. The van der Waals surface area contributed by atoms with E-state index in [0.717, 1.165) is 22.6 Å². The van der Waals surface area contributed by atoms with Crippen LogP contribution >= 0.6 is 0 Å². The first-order chi connectivity index (χ1) is 8.17. The molecule has 0 spiro atoms. The van der Waals surface area contributed by atoms with Gasteiger partial charge < -0.3 is 10.5 Å². The molecule has 0 saturated carbocycles. The molecule has 1 aromatic carbocycles. The van der Waals surface area contributed by atoms with Crippen LogP contribution in [0.25, 0.3) is 11.1 Å². The Balaban J connectivity index is 2.62. The van der Waals surface area contributed by atoms with E-state index in [2.05, 4.69) is 30.1 Å². The fourth-order valence-corrected chi connectivity index (χ4v) is 1.87. The van der Waals surface area contributed by atoms with Gasteiger partial charge in [0.05, 0.1) is 19.0 Å². The minimum Gasteiger partial charge on any atom is -0.496 e. The van der Waals surface area contributed by atoms with Gasteiger partial charge in [-0.3, -0.25) is 5.10 Å². The number of methoxy groups -OCH3 is 1. The Hall–Kier alpha value is -1.81. The first-order valence-corrected chi connectivity index (χ1v) is 5.55. The molecule has 3 N–H and O–H groups in total. The van der Waals surface area contributed by atoms with Crippen LogP contribution in [0.3, 0.4) is 0 Å². The predicted octanol–water partition coefficient (Wildman–Crippen LogP) is 2.16. The fourth-order valence-electron chi connectivity index (χ4n) is 1.87. The molecule has 4 nitrogen and oxygen atoms in total. The molecular weight excluding hydrogens is 214 g/mol. The van der Waals surface area contributed by atoms with Gasteiger partial charge >= 0.3 is 0 Å². The third-order valence-electron chi connectivity index (χ3n) is 3.03. The zero-order chi connectivity index (χ0) is 12.4. The van der Waals surface area contributed by atoms with E-state index in [-0.39, 0.29) is 0 Å². The third kappa shape index (κ3) is 2.03. The van der Waals surface area contributed by atoms with Gasteiger partial charge in [0.25, 0.3) is 0 Å². The van der Waals surface area contributed by atoms with E-state index < -0.39 is 0 Å². The standard InChI is InChI=1S/C13H17N3O/c1-8-4-10(13(17-3)5-9(8)2)11-7-15-16-12(11)6-14/h4-5,7H,6,14H2,1-3H3,(H,15,16). The molecule has 0 bridgehead atoms. The normalized spacial score (nSPS) is 10.6. The second kappa shape index (κ2) is 4.59. The van der Waals surface area contributed by atoms with Crippen molar-refractivity contribution in [1.29, 1.82) is 0 Å². The van der Waals surface area contributed by atoms with Crippen LogP contribution in [0.1, 0.15) is 16.8 Å². The van der Waals surface area contributed by atoms with Gasteiger partial charge in [0, 0.05) is 17.7 Å². The van der Waals surface area contributed by atoms with E-state index in [1.807, 2.05) is 6.07 Å². The van der Waals surface area contributed by atoms with Crippen LogP contribution in [-0.2, 0) is 6.54 Å². The first-order valence-electron chi connectivity index (χ1n) is 5.55. The van der Waals surface area contributed by atoms with Crippen LogP contribution in [0.4, 0.5) is 0 Å². The molecule has 1 aromatic heterocycles. The van der Waals surface area contributed by atoms with Crippen LogP contribution in [0.5, 0.6) is 5.75 Å². The fraction of sp³-hybridized carbons (Fsp3) is 0.308. The maximum absolute atomic E-state index is 5.68. The van der Waals surface area contributed by atoms with Gasteiger partial charge in [-0.1, -0.05) is 0 Å². The van der Waals surface area contributed by atoms with E-state index in [0.29, 0.717) is 6.54 Å². The number of nitrogens with one attached hydrogen (secondary N) is 1. The summed E-state index contributed by atoms with van der Waals surface area (Å²) in [5.41, 5.74) is 11.1. The molecule has 0 saturated heterocycles. The molecule has 0 aliphatic carbocycles. The van der Waals surface area contributed by atoms with Crippen LogP contribution < -0.4 is 10.5 Å². The van der Waals surface area contributed by atoms with Gasteiger partial charge in [-0.25, -0.2) is 0 Å². The molecule has 4 heteroatoms. The molecule has 0 atom stereocenters. The summed E-state index contributed by atoms with van der Waals surface area (Å²) >= 11 is 0. The van der Waals surface area contributed by atoms with Crippen LogP contribution in [0, 0.1) is 13.8 Å². The molecule has 0 fully saturated rings. The highest BCUT2D eigenvalue weighted by Gasteiger charge is 2.12. The molecule has 1 heterocycles. The van der Waals surface area contributed by atoms with Crippen LogP contribution in [-0.4, -0.2) is 17.3 Å². The Morgan fingerprint density at radius 3 is 2.59 bits per heavy atom. The van der Waals surface area contributed by atoms with E-state index in [9.17, 15) is 0 Å². The molecule has 2 rings (SSSR count). The number of aryl methyl sites for hydroxylation is 2. The van der Waals surface area contributed by atoms with E-state index >= 15 is 0 Å². The van der Waals surface area contributed by atoms with Gasteiger partial charge in [-0.05, 0) is 37.1 Å². The summed E-state index contributed by atoms with van der Waals surface area (Å²) in [5, 5.41) is 6.95. The van der Waals surface area contributed by atoms with Gasteiger partial charge in [0.15, 0.2) is 0 Å². The quantitative estimate of drug-likeness (QED) is 0.850. The summed E-state index contributed by atoms with van der Waals surface area (Å²) in [4.78, 5) is 0. The summed E-state index contributed by atoms with van der Waals surface area (Å²) in [6.45, 7) is 4.59. The number of rotatable bonds is 3. The predicted molar refractivity (Wildman–Crippen MR) is 67.9 cm³/mol. The largest absolute Gasteiger partial charge is 0.496 e. The Morgan fingerprint density at radius 2 is 1.94 bits per heavy atom. The topological polar surface area (TPSA) is 63.9 Å². The average molecular weight is 231 g/mol. The van der Waals surface area contributed by atoms with Crippen molar-refractivity contribution < 1.29 is 4.74 Å². The highest BCUT2D eigenvalue weighted by molar-refractivity contribution is 5.73. The minimum absolute atomic E-state index is 0.436. The van der Waals surface area contributed by atoms with Crippen molar-refractivity contribution in [2.45, 2.75) is 20.4 Å². The van der Waals surface area contributed by atoms with E-state index in [1.165, 1.54) is 11.1 Å². The van der Waals surface area contributed by atoms with E-state index in [4.69, 9.17) is 10.5 Å². The third-order valence-corrected chi connectivity index (χ3v) is 3.03. The lowest BCUT2D eigenvalue weighted by atomic mass is 9.99. The number of ether oxygens (including phenoxy) is 1. The Bertz CT molecular complexity index is 531. The average Bonchev–Trinajstić information content (AvgIpc) is 2.80. The Labute approximate surface area is 101 Å². The molecule has 0 unspecified atom stereocenters. The highest BCUT2D eigenvalue weighted by Crippen LogP contribution is 2.33. The van der Waals surface area contributed by atoms with Crippen molar-refractivity contribution in [3.8, 4) is 16.9 Å². The lowest BCUT2D eigenvalue weighted by molar-refractivity contribution is 0.416. The molecular formula is C13H17N3O. The molecule has 2 aromatic rings. The number of H-pyrrole nitrogens is 1. The molecule has 90 valence electrons. The molecule has 0 radical (unpaired) electrons. The lowest BCUT2D eigenvalue weighted by Gasteiger charge is -2.11. The van der Waals surface area contributed by atoms with Crippen molar-refractivity contribution >= 4 is 0 Å². The molecule has 17 heavy (non-hydrogen) atoms. The van der Waals surface area contributed by atoms with Crippen molar-refractivity contribution in [1.82, 2.24) is 10.2 Å². The summed E-state index contributed by atoms with van der Waals surface area (Å²) in [5.74, 6) is 0.851. The molecule has 0 amide bonds. The number of nitrogens with zero attached hydrogens (tertiary/aromatic N) is 1. The number of aromatic nitrogens is 2. The van der Waals surface area contributed by atoms with Gasteiger partial charge in [-0.2, -0.15) is 5.10 Å². The lowest BCUT2D eigenvalue weighted by Crippen LogP contribution is -1.99. The second-order valence-electron chi connectivity index (χ2n) is 4.10. The summed E-state index contributed by atoms with van der Waals surface area (Å²) < 4.78 is 5.42. The summed E-state index contributed by atoms with van der Waals surface area (Å²) in [6, 6.07) is 4.15. The summed E-state index contributed by atoms with van der Waals surface area (Å²) in [6.07, 6.45) is 1.79. The zero-order valence-corrected chi connectivity index (χ0v) is 10.4. The van der Waals surface area contributed by atoms with E-state index in [1.54, 1.807) is 13.3 Å². The zero-order valence-electron chi connectivity index (χ0n) is 10.4. The molecule has 0 aliphatic heterocycles. The van der Waals surface area contributed by atoms with Crippen LogP contribution in [0.15, 0.2) is 18.3 Å². The minimum atomic E-state index is 0.436. The van der Waals surface area contributed by atoms with Gasteiger partial charge in [-0.15, -0.1) is 0 Å².